The second-order valence-corrected chi connectivity index (χ2v) is 8.54. The Kier molecular flexibility index (Phi) is 9.98. The zero-order chi connectivity index (χ0) is 21.1. The van der Waals surface area contributed by atoms with Gasteiger partial charge in [-0.25, -0.2) is 0 Å². The van der Waals surface area contributed by atoms with Gasteiger partial charge in [0.05, 0.1) is 0 Å². The summed E-state index contributed by atoms with van der Waals surface area (Å²) in [6, 6.07) is 7.75. The van der Waals surface area contributed by atoms with E-state index in [0.717, 1.165) is 36.4 Å². The fourth-order valence-electron chi connectivity index (χ4n) is 3.94. The minimum Gasteiger partial charge on any atom is -0.356 e. The van der Waals surface area contributed by atoms with Gasteiger partial charge >= 0.3 is 0 Å². The van der Waals surface area contributed by atoms with Crippen molar-refractivity contribution in [3.8, 4) is 0 Å². The summed E-state index contributed by atoms with van der Waals surface area (Å²) in [7, 11) is 5.79. The lowest BCUT2D eigenvalue weighted by molar-refractivity contribution is 0.0951. The smallest absolute Gasteiger partial charge is 0.251 e. The number of nitrogens with zero attached hydrogens (tertiary/aromatic N) is 2. The molecule has 0 aromatic heterocycles. The lowest BCUT2D eigenvalue weighted by Crippen LogP contribution is -2.38. The fraction of sp³-hybridized carbons (Fsp3) is 0.652. The number of nitrogens with one attached hydrogen (secondary N) is 3. The number of carbonyl (C=O) groups is 1. The number of hydrogen-bond donors (Lipinski definition) is 3. The molecule has 2 rings (SSSR count). The first-order chi connectivity index (χ1) is 14.0. The minimum atomic E-state index is -0.0297. The molecule has 1 saturated carbocycles. The van der Waals surface area contributed by atoms with Gasteiger partial charge in [0.2, 0.25) is 0 Å². The van der Waals surface area contributed by atoms with Crippen molar-refractivity contribution in [1.29, 1.82) is 0 Å². The van der Waals surface area contributed by atoms with Crippen LogP contribution in [0.3, 0.4) is 0 Å². The third-order valence-corrected chi connectivity index (χ3v) is 5.61. The Morgan fingerprint density at radius 3 is 2.72 bits per heavy atom. The molecule has 0 spiro atoms. The van der Waals surface area contributed by atoms with Crippen LogP contribution < -0.4 is 16.0 Å². The standard InChI is InChI=1S/C23H39N5O/c1-18-7-5-8-19(15-18)11-12-26-23(24-2)27-17-20-9-6-10-21(16-20)22(29)25-13-14-28(3)4/h6,9-10,16,18-19H,5,7-8,11-15,17H2,1-4H3,(H,25,29)(H2,24,26,27). The van der Waals surface area contributed by atoms with Gasteiger partial charge in [-0.1, -0.05) is 38.3 Å². The van der Waals surface area contributed by atoms with Crippen molar-refractivity contribution >= 4 is 11.9 Å². The van der Waals surface area contributed by atoms with Crippen molar-refractivity contribution in [2.24, 2.45) is 16.8 Å². The molecule has 0 saturated heterocycles. The normalized spacial score (nSPS) is 19.8. The summed E-state index contributed by atoms with van der Waals surface area (Å²) in [4.78, 5) is 18.7. The summed E-state index contributed by atoms with van der Waals surface area (Å²) in [6.45, 7) is 5.43. The Morgan fingerprint density at radius 2 is 2.00 bits per heavy atom. The molecule has 1 fully saturated rings. The molecule has 3 N–H and O–H groups in total. The highest BCUT2D eigenvalue weighted by Crippen LogP contribution is 2.30. The molecule has 1 amide bonds. The number of hydrogen-bond acceptors (Lipinski definition) is 3. The lowest BCUT2D eigenvalue weighted by Gasteiger charge is -2.26. The average Bonchev–Trinajstić information content (AvgIpc) is 2.70. The first kappa shape index (κ1) is 23.2. The van der Waals surface area contributed by atoms with Gasteiger partial charge in [0.1, 0.15) is 0 Å². The van der Waals surface area contributed by atoms with Crippen LogP contribution in [-0.2, 0) is 6.54 Å². The Morgan fingerprint density at radius 1 is 1.17 bits per heavy atom. The molecule has 2 unspecified atom stereocenters. The number of amides is 1. The van der Waals surface area contributed by atoms with Crippen LogP contribution in [0, 0.1) is 11.8 Å². The largest absolute Gasteiger partial charge is 0.356 e. The maximum Gasteiger partial charge on any atom is 0.251 e. The van der Waals surface area contributed by atoms with Crippen LogP contribution in [-0.4, -0.2) is 57.5 Å². The number of rotatable bonds is 9. The van der Waals surface area contributed by atoms with E-state index >= 15 is 0 Å². The van der Waals surface area contributed by atoms with E-state index in [1.54, 1.807) is 7.05 Å². The second kappa shape index (κ2) is 12.5. The van der Waals surface area contributed by atoms with Gasteiger partial charge in [-0.2, -0.15) is 0 Å². The Hall–Kier alpha value is -2.08. The average molecular weight is 402 g/mol. The van der Waals surface area contributed by atoms with Crippen LogP contribution in [0.25, 0.3) is 0 Å². The molecule has 0 radical (unpaired) electrons. The van der Waals surface area contributed by atoms with Gasteiger partial charge in [-0.15, -0.1) is 0 Å². The number of benzene rings is 1. The second-order valence-electron chi connectivity index (χ2n) is 8.54. The Balaban J connectivity index is 1.75. The molecule has 1 aromatic rings. The minimum absolute atomic E-state index is 0.0297. The summed E-state index contributed by atoms with van der Waals surface area (Å²) >= 11 is 0. The van der Waals surface area contributed by atoms with E-state index in [-0.39, 0.29) is 5.91 Å². The topological polar surface area (TPSA) is 68.8 Å². The summed E-state index contributed by atoms with van der Waals surface area (Å²) in [5, 5.41) is 9.75. The van der Waals surface area contributed by atoms with Crippen LogP contribution >= 0.6 is 0 Å². The van der Waals surface area contributed by atoms with E-state index in [9.17, 15) is 4.79 Å². The van der Waals surface area contributed by atoms with Gasteiger partial charge in [0.15, 0.2) is 5.96 Å². The SMILES string of the molecule is CN=C(NCCC1CCCC(C)C1)NCc1cccc(C(=O)NCCN(C)C)c1. The van der Waals surface area contributed by atoms with Crippen LogP contribution in [0.15, 0.2) is 29.3 Å². The fourth-order valence-corrected chi connectivity index (χ4v) is 3.94. The molecule has 1 aliphatic carbocycles. The van der Waals surface area contributed by atoms with E-state index in [0.29, 0.717) is 18.7 Å². The van der Waals surface area contributed by atoms with Gasteiger partial charge in [0.25, 0.3) is 5.91 Å². The van der Waals surface area contributed by atoms with Crippen LogP contribution in [0.4, 0.5) is 0 Å². The van der Waals surface area contributed by atoms with E-state index < -0.39 is 0 Å². The van der Waals surface area contributed by atoms with Crippen LogP contribution in [0.1, 0.15) is 54.9 Å². The van der Waals surface area contributed by atoms with Gasteiger partial charge in [-0.3, -0.25) is 9.79 Å². The van der Waals surface area contributed by atoms with Gasteiger partial charge in [0, 0.05) is 38.8 Å². The predicted octanol–water partition coefficient (Wildman–Crippen LogP) is 2.86. The van der Waals surface area contributed by atoms with Crippen molar-refractivity contribution in [1.82, 2.24) is 20.9 Å². The summed E-state index contributed by atoms with van der Waals surface area (Å²) < 4.78 is 0. The number of guanidine groups is 1. The first-order valence-electron chi connectivity index (χ1n) is 10.9. The molecule has 0 bridgehead atoms. The molecule has 2 atom stereocenters. The number of carbonyl (C=O) groups excluding carboxylic acids is 1. The molecule has 0 heterocycles. The molecule has 0 aliphatic heterocycles. The molecular formula is C23H39N5O. The van der Waals surface area contributed by atoms with Gasteiger partial charge in [-0.05, 0) is 56.5 Å². The summed E-state index contributed by atoms with van der Waals surface area (Å²) in [6.07, 6.45) is 6.68. The van der Waals surface area contributed by atoms with Crippen molar-refractivity contribution in [2.75, 3.05) is 40.8 Å². The van der Waals surface area contributed by atoms with Crippen molar-refractivity contribution in [3.63, 3.8) is 0 Å². The highest BCUT2D eigenvalue weighted by atomic mass is 16.1. The van der Waals surface area contributed by atoms with E-state index in [2.05, 4.69) is 27.9 Å². The quantitative estimate of drug-likeness (QED) is 0.440. The van der Waals surface area contributed by atoms with E-state index in [1.165, 1.54) is 32.1 Å². The first-order valence-corrected chi connectivity index (χ1v) is 10.9. The molecule has 6 nitrogen and oxygen atoms in total. The molecule has 29 heavy (non-hydrogen) atoms. The van der Waals surface area contributed by atoms with Crippen LogP contribution in [0.2, 0.25) is 0 Å². The third kappa shape index (κ3) is 8.86. The van der Waals surface area contributed by atoms with Crippen molar-refractivity contribution < 1.29 is 4.79 Å². The molecule has 1 aromatic carbocycles. The zero-order valence-corrected chi connectivity index (χ0v) is 18.6. The summed E-state index contributed by atoms with van der Waals surface area (Å²) in [5.41, 5.74) is 1.76. The zero-order valence-electron chi connectivity index (χ0n) is 18.6. The van der Waals surface area contributed by atoms with Crippen molar-refractivity contribution in [3.05, 3.63) is 35.4 Å². The lowest BCUT2D eigenvalue weighted by atomic mass is 9.81. The maximum atomic E-state index is 12.3. The maximum absolute atomic E-state index is 12.3. The van der Waals surface area contributed by atoms with Crippen molar-refractivity contribution in [2.45, 2.75) is 45.6 Å². The Labute approximate surface area is 176 Å². The molecular weight excluding hydrogens is 362 g/mol. The van der Waals surface area contributed by atoms with E-state index in [1.807, 2.05) is 43.3 Å². The van der Waals surface area contributed by atoms with Crippen LogP contribution in [0.5, 0.6) is 0 Å². The van der Waals surface area contributed by atoms with Gasteiger partial charge < -0.3 is 20.9 Å². The van der Waals surface area contributed by atoms with E-state index in [4.69, 9.17) is 0 Å². The highest BCUT2D eigenvalue weighted by Gasteiger charge is 2.18. The number of aliphatic imine (C=N–C) groups is 1. The Bertz CT molecular complexity index is 658. The number of likely N-dealkylation sites (N-methyl/N-ethyl adjacent to an activating group) is 1. The predicted molar refractivity (Wildman–Crippen MR) is 121 cm³/mol. The molecule has 162 valence electrons. The highest BCUT2D eigenvalue weighted by molar-refractivity contribution is 5.94. The molecule has 6 heteroatoms. The molecule has 1 aliphatic rings. The monoisotopic (exact) mass is 401 g/mol. The summed E-state index contributed by atoms with van der Waals surface area (Å²) in [5.74, 6) is 2.50. The third-order valence-electron chi connectivity index (χ3n) is 5.61.